The lowest BCUT2D eigenvalue weighted by Crippen LogP contribution is -2.38. The highest BCUT2D eigenvalue weighted by Crippen LogP contribution is 2.41. The molecule has 1 unspecified atom stereocenters. The van der Waals surface area contributed by atoms with Crippen molar-refractivity contribution < 1.29 is 29.0 Å². The molecule has 12 heteroatoms. The van der Waals surface area contributed by atoms with Gasteiger partial charge in [0, 0.05) is 53.2 Å². The number of hydrogen-bond donors (Lipinski definition) is 4. The van der Waals surface area contributed by atoms with Crippen LogP contribution in [0, 0.1) is 5.92 Å². The standard InChI is InChI=1S/C34H40ClN5O6/c1-20-7-5-8-25(31(42)40(3)16-6-14-34(2)26-18-22(35)9-12-27(26)39-33(44)46-34)28-17-21(13-15-36-28)24-11-10-23(37-32(43)45-4)19-29(24)38-30(20)41/h9-13,15,17-20,25,30,38,41H,5-8,14,16H2,1-4H3,(H,37,43)(H,39,44)/t20-,25+,30?,34+/m0/s1. The SMILES string of the molecule is COC(=O)Nc1ccc2c(c1)NC(O)[C@@H](C)CCC[C@@H](C(=O)N(C)CCC[C@@]1(C)OC(=O)Nc3ccc(Cl)cc31)c1cc-2ccn1. The van der Waals surface area contributed by atoms with Crippen LogP contribution in [0.3, 0.4) is 0 Å². The number of hydrogen-bond acceptors (Lipinski definition) is 8. The monoisotopic (exact) mass is 649 g/mol. The summed E-state index contributed by atoms with van der Waals surface area (Å²) in [6.45, 7) is 4.27. The highest BCUT2D eigenvalue weighted by atomic mass is 35.5. The van der Waals surface area contributed by atoms with Crippen LogP contribution in [-0.4, -0.2) is 60.0 Å². The number of benzene rings is 2. The zero-order valence-electron chi connectivity index (χ0n) is 26.4. The van der Waals surface area contributed by atoms with Crippen molar-refractivity contribution in [1.29, 1.82) is 0 Å². The van der Waals surface area contributed by atoms with Crippen molar-refractivity contribution in [3.8, 4) is 11.1 Å². The van der Waals surface area contributed by atoms with Gasteiger partial charge in [-0.25, -0.2) is 9.59 Å². The lowest BCUT2D eigenvalue weighted by Gasteiger charge is -2.36. The smallest absolute Gasteiger partial charge is 0.412 e. The molecule has 46 heavy (non-hydrogen) atoms. The Bertz CT molecular complexity index is 1620. The summed E-state index contributed by atoms with van der Waals surface area (Å²) in [5, 5.41) is 20.2. The van der Waals surface area contributed by atoms with Gasteiger partial charge >= 0.3 is 12.2 Å². The number of fused-ring (bicyclic) bond motifs is 5. The van der Waals surface area contributed by atoms with Gasteiger partial charge in [0.1, 0.15) is 11.8 Å². The van der Waals surface area contributed by atoms with E-state index in [4.69, 9.17) is 21.1 Å². The first kappa shape index (κ1) is 33.0. The highest BCUT2D eigenvalue weighted by Gasteiger charge is 2.38. The van der Waals surface area contributed by atoms with E-state index in [2.05, 4.69) is 20.9 Å². The number of aliphatic hydroxyl groups is 1. The molecule has 0 radical (unpaired) electrons. The average molecular weight is 650 g/mol. The molecule has 2 aromatic carbocycles. The topological polar surface area (TPSA) is 142 Å². The van der Waals surface area contributed by atoms with Gasteiger partial charge in [-0.15, -0.1) is 0 Å². The first-order valence-corrected chi connectivity index (χ1v) is 15.8. The minimum atomic E-state index is -0.889. The fraction of sp³-hybridized carbons (Fsp3) is 0.412. The maximum atomic E-state index is 14.0. The van der Waals surface area contributed by atoms with Crippen molar-refractivity contribution in [3.05, 3.63) is 71.0 Å². The fourth-order valence-corrected chi connectivity index (χ4v) is 6.32. The number of aliphatic hydroxyl groups excluding tert-OH is 1. The predicted octanol–water partition coefficient (Wildman–Crippen LogP) is 6.93. The molecule has 0 aliphatic carbocycles. The van der Waals surface area contributed by atoms with Crippen molar-refractivity contribution in [3.63, 3.8) is 0 Å². The first-order valence-electron chi connectivity index (χ1n) is 15.4. The van der Waals surface area contributed by atoms with Gasteiger partial charge in [-0.3, -0.25) is 20.4 Å². The molecule has 4 N–H and O–H groups in total. The molecular weight excluding hydrogens is 610 g/mol. The van der Waals surface area contributed by atoms with E-state index in [0.29, 0.717) is 66.4 Å². The minimum absolute atomic E-state index is 0.0539. The number of nitrogens with one attached hydrogen (secondary N) is 3. The molecule has 2 aliphatic heterocycles. The third-order valence-electron chi connectivity index (χ3n) is 8.82. The number of aromatic nitrogens is 1. The van der Waals surface area contributed by atoms with Crippen LogP contribution in [0.2, 0.25) is 5.02 Å². The van der Waals surface area contributed by atoms with Gasteiger partial charge in [-0.2, -0.15) is 0 Å². The number of amides is 3. The molecular formula is C34H40ClN5O6. The molecule has 5 rings (SSSR count). The van der Waals surface area contributed by atoms with E-state index >= 15 is 0 Å². The summed E-state index contributed by atoms with van der Waals surface area (Å²) in [5.74, 6) is -0.659. The summed E-state index contributed by atoms with van der Waals surface area (Å²) in [4.78, 5) is 44.5. The van der Waals surface area contributed by atoms with Crippen molar-refractivity contribution in [2.45, 2.75) is 63.7 Å². The van der Waals surface area contributed by atoms with Gasteiger partial charge in [0.15, 0.2) is 0 Å². The number of halogens is 1. The molecule has 11 nitrogen and oxygen atoms in total. The van der Waals surface area contributed by atoms with Crippen LogP contribution in [0.25, 0.3) is 11.1 Å². The number of carbonyl (C=O) groups excluding carboxylic acids is 3. The number of cyclic esters (lactones) is 1. The summed E-state index contributed by atoms with van der Waals surface area (Å²) in [6, 6.07) is 14.4. The predicted molar refractivity (Wildman–Crippen MR) is 177 cm³/mol. The summed E-state index contributed by atoms with van der Waals surface area (Å²) < 4.78 is 10.5. The number of likely N-dealkylation sites (N-methyl/N-ethyl adjacent to an activating group) is 1. The Morgan fingerprint density at radius 1 is 1.17 bits per heavy atom. The van der Waals surface area contributed by atoms with Gasteiger partial charge in [0.25, 0.3) is 0 Å². The molecule has 1 aromatic heterocycles. The lowest BCUT2D eigenvalue weighted by molar-refractivity contribution is -0.132. The quantitative estimate of drug-likeness (QED) is 0.225. The van der Waals surface area contributed by atoms with E-state index in [-0.39, 0.29) is 11.8 Å². The van der Waals surface area contributed by atoms with Crippen LogP contribution in [0.5, 0.6) is 0 Å². The number of carbonyl (C=O) groups is 3. The second-order valence-corrected chi connectivity index (χ2v) is 12.6. The van der Waals surface area contributed by atoms with Crippen molar-refractivity contribution in [1.82, 2.24) is 9.88 Å². The molecule has 2 aliphatic rings. The molecule has 0 spiro atoms. The number of rotatable bonds is 6. The van der Waals surface area contributed by atoms with E-state index in [1.807, 2.05) is 32.0 Å². The first-order chi connectivity index (χ1) is 22.0. The van der Waals surface area contributed by atoms with Gasteiger partial charge in [-0.1, -0.05) is 31.0 Å². The number of pyridine rings is 1. The number of nitrogens with zero attached hydrogens (tertiary/aromatic N) is 2. The normalized spacial score (nSPS) is 22.3. The third kappa shape index (κ3) is 7.37. The van der Waals surface area contributed by atoms with Crippen LogP contribution in [-0.2, 0) is 19.9 Å². The number of ether oxygens (including phenoxy) is 2. The van der Waals surface area contributed by atoms with Crippen LogP contribution < -0.4 is 16.0 Å². The van der Waals surface area contributed by atoms with Gasteiger partial charge in [-0.05, 0) is 80.6 Å². The van der Waals surface area contributed by atoms with E-state index in [0.717, 1.165) is 16.7 Å². The Balaban J connectivity index is 1.37. The molecule has 0 saturated heterocycles. The molecule has 0 fully saturated rings. The van der Waals surface area contributed by atoms with Crippen LogP contribution in [0.4, 0.5) is 26.7 Å². The summed E-state index contributed by atoms with van der Waals surface area (Å²) in [5.41, 5.74) is 3.97. The Hall–Kier alpha value is -4.35. The van der Waals surface area contributed by atoms with E-state index in [1.54, 1.807) is 48.5 Å². The Kier molecular flexibility index (Phi) is 10.0. The zero-order chi connectivity index (χ0) is 33.0. The van der Waals surface area contributed by atoms with E-state index in [9.17, 15) is 19.5 Å². The van der Waals surface area contributed by atoms with Crippen LogP contribution in [0.1, 0.15) is 63.1 Å². The van der Waals surface area contributed by atoms with E-state index < -0.39 is 29.9 Å². The Labute approximate surface area is 273 Å². The molecule has 244 valence electrons. The molecule has 4 atom stereocenters. The second kappa shape index (κ2) is 14.0. The molecule has 3 heterocycles. The van der Waals surface area contributed by atoms with Crippen molar-refractivity contribution >= 4 is 46.8 Å². The van der Waals surface area contributed by atoms with Gasteiger partial charge in [0.05, 0.1) is 24.4 Å². The lowest BCUT2D eigenvalue weighted by atomic mass is 9.88. The van der Waals surface area contributed by atoms with Crippen LogP contribution in [0.15, 0.2) is 54.7 Å². The summed E-state index contributed by atoms with van der Waals surface area (Å²) in [7, 11) is 3.08. The largest absolute Gasteiger partial charge is 0.453 e. The molecule has 0 saturated carbocycles. The Morgan fingerprint density at radius 3 is 2.76 bits per heavy atom. The summed E-state index contributed by atoms with van der Waals surface area (Å²) in [6.07, 6.45) is 2.75. The zero-order valence-corrected chi connectivity index (χ0v) is 27.2. The highest BCUT2D eigenvalue weighted by molar-refractivity contribution is 6.30. The van der Waals surface area contributed by atoms with Crippen molar-refractivity contribution in [2.24, 2.45) is 5.92 Å². The maximum absolute atomic E-state index is 14.0. The molecule has 2 bridgehead atoms. The Morgan fingerprint density at radius 2 is 1.98 bits per heavy atom. The molecule has 3 amide bonds. The van der Waals surface area contributed by atoms with Gasteiger partial charge in [0.2, 0.25) is 5.91 Å². The summed E-state index contributed by atoms with van der Waals surface area (Å²) >= 11 is 6.26. The minimum Gasteiger partial charge on any atom is -0.453 e. The third-order valence-corrected chi connectivity index (χ3v) is 9.06. The van der Waals surface area contributed by atoms with Crippen LogP contribution >= 0.6 is 11.6 Å². The fourth-order valence-electron chi connectivity index (χ4n) is 6.14. The number of methoxy groups -OCH3 is 1. The number of anilines is 3. The average Bonchev–Trinajstić information content (AvgIpc) is 3.02. The second-order valence-electron chi connectivity index (χ2n) is 12.2. The van der Waals surface area contributed by atoms with Gasteiger partial charge < -0.3 is 24.8 Å². The van der Waals surface area contributed by atoms with Crippen molar-refractivity contribution in [2.75, 3.05) is 36.7 Å². The van der Waals surface area contributed by atoms with E-state index in [1.165, 1.54) is 7.11 Å². The molecule has 3 aromatic rings. The maximum Gasteiger partial charge on any atom is 0.412 e.